The Bertz CT molecular complexity index is 929. The van der Waals surface area contributed by atoms with E-state index in [4.69, 9.17) is 21.2 Å². The van der Waals surface area contributed by atoms with Gasteiger partial charge in [-0.3, -0.25) is 14.5 Å². The summed E-state index contributed by atoms with van der Waals surface area (Å²) in [6, 6.07) is 5.35. The van der Waals surface area contributed by atoms with E-state index in [0.29, 0.717) is 32.8 Å². The average Bonchev–Trinajstić information content (AvgIpc) is 2.74. The summed E-state index contributed by atoms with van der Waals surface area (Å²) in [7, 11) is 0. The minimum absolute atomic E-state index is 0.116. The van der Waals surface area contributed by atoms with E-state index in [1.807, 2.05) is 4.90 Å². The number of aliphatic hydroxyl groups is 1. The minimum Gasteiger partial charge on any atom is -0.389 e. The van der Waals surface area contributed by atoms with Gasteiger partial charge >= 0.3 is 0 Å². The maximum absolute atomic E-state index is 14.4. The molecule has 0 bridgehead atoms. The van der Waals surface area contributed by atoms with Crippen molar-refractivity contribution in [2.24, 2.45) is 0 Å². The summed E-state index contributed by atoms with van der Waals surface area (Å²) >= 11 is 5.69. The second kappa shape index (κ2) is 10.8. The quantitative estimate of drug-likeness (QED) is 0.527. The number of hydrogen-bond donors (Lipinski definition) is 3. The van der Waals surface area contributed by atoms with Crippen LogP contribution in [0.1, 0.15) is 10.4 Å². The minimum atomic E-state index is -1.37. The van der Waals surface area contributed by atoms with E-state index in [9.17, 15) is 23.1 Å². The van der Waals surface area contributed by atoms with Gasteiger partial charge in [0.2, 0.25) is 0 Å². The zero-order valence-corrected chi connectivity index (χ0v) is 17.1. The van der Waals surface area contributed by atoms with Crippen molar-refractivity contribution >= 4 is 28.9 Å². The molecule has 3 N–H and O–H groups in total. The van der Waals surface area contributed by atoms with Gasteiger partial charge in [-0.2, -0.15) is 0 Å². The third kappa shape index (κ3) is 6.31. The molecule has 0 radical (unpaired) electrons. The molecule has 1 fully saturated rings. The Morgan fingerprint density at radius 1 is 1.19 bits per heavy atom. The van der Waals surface area contributed by atoms with Gasteiger partial charge in [0.25, 0.3) is 5.91 Å². The normalized spacial score (nSPS) is 15.5. The summed E-state index contributed by atoms with van der Waals surface area (Å²) in [5.74, 6) is -4.32. The highest BCUT2D eigenvalue weighted by Crippen LogP contribution is 2.29. The van der Waals surface area contributed by atoms with Gasteiger partial charge in [0.05, 0.1) is 36.3 Å². The third-order valence-corrected chi connectivity index (χ3v) is 4.78. The topological polar surface area (TPSA) is 83.1 Å². The van der Waals surface area contributed by atoms with Crippen LogP contribution in [0, 0.1) is 17.5 Å². The number of amides is 1. The lowest BCUT2D eigenvalue weighted by atomic mass is 10.1. The molecular weight excluding hydrogens is 439 g/mol. The van der Waals surface area contributed by atoms with Gasteiger partial charge in [0, 0.05) is 24.7 Å². The fourth-order valence-electron chi connectivity index (χ4n) is 2.98. The number of morpholine rings is 1. The van der Waals surface area contributed by atoms with Gasteiger partial charge in [0.15, 0.2) is 11.6 Å². The second-order valence-corrected chi connectivity index (χ2v) is 7.28. The molecule has 1 aliphatic heterocycles. The Labute approximate surface area is 181 Å². The van der Waals surface area contributed by atoms with Crippen molar-refractivity contribution in [1.82, 2.24) is 10.4 Å². The van der Waals surface area contributed by atoms with Crippen LogP contribution in [0.2, 0.25) is 5.02 Å². The van der Waals surface area contributed by atoms with Crippen LogP contribution in [0.5, 0.6) is 0 Å². The molecule has 0 spiro atoms. The lowest BCUT2D eigenvalue weighted by molar-refractivity contribution is -0.0362. The fraction of sp³-hybridized carbons (Fsp3) is 0.350. The Balaban J connectivity index is 1.64. The number of aliphatic hydroxyl groups excluding tert-OH is 1. The van der Waals surface area contributed by atoms with Crippen LogP contribution >= 0.6 is 11.6 Å². The molecule has 1 saturated heterocycles. The van der Waals surface area contributed by atoms with Crippen LogP contribution in [0.15, 0.2) is 30.3 Å². The number of halogens is 4. The molecular formula is C20H21ClF3N3O4. The Kier molecular flexibility index (Phi) is 8.10. The summed E-state index contributed by atoms with van der Waals surface area (Å²) in [4.78, 5) is 19.4. The van der Waals surface area contributed by atoms with Crippen molar-refractivity contribution in [3.63, 3.8) is 0 Å². The van der Waals surface area contributed by atoms with E-state index in [-0.39, 0.29) is 22.9 Å². The number of carbonyl (C=O) groups excluding carboxylic acids is 1. The number of β-amino-alcohol motifs (C(OH)–C–C–N with tert-alkyl or cyclic N) is 1. The second-order valence-electron chi connectivity index (χ2n) is 6.84. The number of benzene rings is 2. The summed E-state index contributed by atoms with van der Waals surface area (Å²) in [6.45, 7) is 2.60. The number of hydroxylamine groups is 1. The molecule has 0 aromatic heterocycles. The molecule has 1 amide bonds. The largest absolute Gasteiger partial charge is 0.389 e. The van der Waals surface area contributed by atoms with Crippen LogP contribution in [0.4, 0.5) is 24.5 Å². The van der Waals surface area contributed by atoms with Crippen LogP contribution in [0.3, 0.4) is 0 Å². The molecule has 1 atom stereocenters. The van der Waals surface area contributed by atoms with Crippen molar-refractivity contribution in [3.05, 3.63) is 58.4 Å². The number of anilines is 2. The number of rotatable bonds is 8. The van der Waals surface area contributed by atoms with E-state index < -0.39 is 35.2 Å². The Hall–Kier alpha value is -2.37. The van der Waals surface area contributed by atoms with E-state index >= 15 is 0 Å². The fourth-order valence-corrected chi connectivity index (χ4v) is 3.14. The highest BCUT2D eigenvalue weighted by Gasteiger charge is 2.21. The molecule has 2 aromatic carbocycles. The maximum atomic E-state index is 14.4. The monoisotopic (exact) mass is 459 g/mol. The zero-order valence-electron chi connectivity index (χ0n) is 16.3. The zero-order chi connectivity index (χ0) is 22.4. The number of hydrogen-bond acceptors (Lipinski definition) is 6. The smallest absolute Gasteiger partial charge is 0.277 e. The van der Waals surface area contributed by atoms with Gasteiger partial charge < -0.3 is 15.2 Å². The highest BCUT2D eigenvalue weighted by molar-refractivity contribution is 6.30. The molecule has 168 valence electrons. The molecule has 31 heavy (non-hydrogen) atoms. The summed E-state index contributed by atoms with van der Waals surface area (Å²) < 4.78 is 47.4. The molecule has 3 rings (SSSR count). The predicted octanol–water partition coefficient (Wildman–Crippen LogP) is 2.86. The first-order chi connectivity index (χ1) is 14.8. The van der Waals surface area contributed by atoms with Crippen LogP contribution in [-0.2, 0) is 9.57 Å². The third-order valence-electron chi connectivity index (χ3n) is 4.54. The van der Waals surface area contributed by atoms with Crippen LogP contribution < -0.4 is 10.8 Å². The summed E-state index contributed by atoms with van der Waals surface area (Å²) in [5.41, 5.74) is 0.977. The van der Waals surface area contributed by atoms with Gasteiger partial charge in [-0.15, -0.1) is 0 Å². The van der Waals surface area contributed by atoms with Crippen LogP contribution in [0.25, 0.3) is 0 Å². The van der Waals surface area contributed by atoms with Gasteiger partial charge in [-0.25, -0.2) is 18.7 Å². The number of nitrogens with one attached hydrogen (secondary N) is 2. The van der Waals surface area contributed by atoms with E-state index in [1.165, 1.54) is 12.1 Å². The van der Waals surface area contributed by atoms with E-state index in [0.717, 1.165) is 18.2 Å². The first kappa shape index (κ1) is 23.3. The number of carbonyl (C=O) groups is 1. The predicted molar refractivity (Wildman–Crippen MR) is 108 cm³/mol. The first-order valence-electron chi connectivity index (χ1n) is 9.45. The Morgan fingerprint density at radius 3 is 2.65 bits per heavy atom. The standard InChI is InChI=1S/C20H21ClF3N3O4/c21-12-1-4-17(16(23)9-12)25-19-14(2-3-15(22)18(19)24)20(29)26-31-11-13(28)10-27-5-7-30-8-6-27/h1-4,9,13,25,28H,5-8,10-11H2,(H,26,29). The lowest BCUT2D eigenvalue weighted by Crippen LogP contribution is -2.42. The molecule has 2 aromatic rings. The molecule has 7 nitrogen and oxygen atoms in total. The number of ether oxygens (including phenoxy) is 1. The Morgan fingerprint density at radius 2 is 1.94 bits per heavy atom. The van der Waals surface area contributed by atoms with Gasteiger partial charge in [-0.1, -0.05) is 11.6 Å². The van der Waals surface area contributed by atoms with E-state index in [2.05, 4.69) is 10.8 Å². The van der Waals surface area contributed by atoms with Gasteiger partial charge in [-0.05, 0) is 30.3 Å². The van der Waals surface area contributed by atoms with Crippen molar-refractivity contribution in [2.75, 3.05) is 44.8 Å². The highest BCUT2D eigenvalue weighted by atomic mass is 35.5. The number of nitrogens with zero attached hydrogens (tertiary/aromatic N) is 1. The van der Waals surface area contributed by atoms with Gasteiger partial charge in [0.1, 0.15) is 12.4 Å². The van der Waals surface area contributed by atoms with E-state index in [1.54, 1.807) is 0 Å². The van der Waals surface area contributed by atoms with Crippen molar-refractivity contribution < 1.29 is 32.6 Å². The van der Waals surface area contributed by atoms with Crippen molar-refractivity contribution in [2.45, 2.75) is 6.10 Å². The van der Waals surface area contributed by atoms with Crippen LogP contribution in [-0.4, -0.2) is 61.5 Å². The molecule has 1 aliphatic rings. The first-order valence-corrected chi connectivity index (χ1v) is 9.83. The lowest BCUT2D eigenvalue weighted by Gasteiger charge is -2.28. The molecule has 1 unspecified atom stereocenters. The average molecular weight is 460 g/mol. The van der Waals surface area contributed by atoms with Crippen molar-refractivity contribution in [1.29, 1.82) is 0 Å². The SMILES string of the molecule is O=C(NOCC(O)CN1CCOCC1)c1ccc(F)c(F)c1Nc1ccc(Cl)cc1F. The maximum Gasteiger partial charge on any atom is 0.277 e. The molecule has 0 aliphatic carbocycles. The summed E-state index contributed by atoms with van der Waals surface area (Å²) in [5, 5.41) is 12.5. The summed E-state index contributed by atoms with van der Waals surface area (Å²) in [6.07, 6.45) is -0.885. The molecule has 0 saturated carbocycles. The molecule has 1 heterocycles. The molecule has 11 heteroatoms. The van der Waals surface area contributed by atoms with Crippen molar-refractivity contribution in [3.8, 4) is 0 Å².